The monoisotopic (exact) mass is 412 g/mol. The molecular formula is C18H21ClN2O3S2. The van der Waals surface area contributed by atoms with Crippen molar-refractivity contribution in [2.24, 2.45) is 0 Å². The van der Waals surface area contributed by atoms with Gasteiger partial charge in [0.25, 0.3) is 10.0 Å². The zero-order valence-electron chi connectivity index (χ0n) is 14.4. The second-order valence-corrected chi connectivity index (χ2v) is 9.91. The Balaban J connectivity index is 1.74. The maximum absolute atomic E-state index is 12.9. The van der Waals surface area contributed by atoms with Crippen LogP contribution in [0.3, 0.4) is 0 Å². The van der Waals surface area contributed by atoms with E-state index in [2.05, 4.69) is 5.32 Å². The molecule has 26 heavy (non-hydrogen) atoms. The Kier molecular flexibility index (Phi) is 6.02. The number of nitrogens with zero attached hydrogens (tertiary/aromatic N) is 1. The molecule has 1 aromatic heterocycles. The van der Waals surface area contributed by atoms with E-state index >= 15 is 0 Å². The second-order valence-electron chi connectivity index (χ2n) is 6.41. The van der Waals surface area contributed by atoms with Gasteiger partial charge in [-0.15, -0.1) is 11.3 Å². The number of nitrogens with one attached hydrogen (secondary N) is 1. The van der Waals surface area contributed by atoms with Gasteiger partial charge >= 0.3 is 0 Å². The molecule has 1 aliphatic rings. The fourth-order valence-corrected chi connectivity index (χ4v) is 6.15. The highest BCUT2D eigenvalue weighted by molar-refractivity contribution is 7.91. The first-order valence-electron chi connectivity index (χ1n) is 8.49. The summed E-state index contributed by atoms with van der Waals surface area (Å²) in [6, 6.07) is 8.33. The molecule has 1 atom stereocenters. The molecule has 1 fully saturated rings. The minimum Gasteiger partial charge on any atom is -0.326 e. The van der Waals surface area contributed by atoms with Crippen LogP contribution in [0, 0.1) is 6.92 Å². The molecule has 1 N–H and O–H groups in total. The zero-order valence-corrected chi connectivity index (χ0v) is 16.8. The van der Waals surface area contributed by atoms with Crippen LogP contribution in [0.25, 0.3) is 0 Å². The number of aryl methyl sites for hydroxylation is 1. The van der Waals surface area contributed by atoms with Crippen molar-refractivity contribution in [3.8, 4) is 0 Å². The van der Waals surface area contributed by atoms with Crippen LogP contribution < -0.4 is 5.32 Å². The third-order valence-corrected chi connectivity index (χ3v) is 8.09. The Morgan fingerprint density at radius 1 is 1.35 bits per heavy atom. The van der Waals surface area contributed by atoms with Gasteiger partial charge < -0.3 is 5.32 Å². The van der Waals surface area contributed by atoms with Crippen molar-refractivity contribution in [1.29, 1.82) is 0 Å². The Labute approximate surface area is 163 Å². The van der Waals surface area contributed by atoms with Crippen molar-refractivity contribution < 1.29 is 13.2 Å². The molecule has 1 aromatic carbocycles. The van der Waals surface area contributed by atoms with Crippen LogP contribution in [0.1, 0.15) is 31.2 Å². The van der Waals surface area contributed by atoms with E-state index in [9.17, 15) is 13.2 Å². The highest BCUT2D eigenvalue weighted by Crippen LogP contribution is 2.29. The van der Waals surface area contributed by atoms with Gasteiger partial charge in [0, 0.05) is 29.7 Å². The lowest BCUT2D eigenvalue weighted by atomic mass is 10.0. The maximum Gasteiger partial charge on any atom is 0.252 e. The average Bonchev–Trinajstić information content (AvgIpc) is 3.14. The number of amides is 1. The van der Waals surface area contributed by atoms with Gasteiger partial charge in [-0.3, -0.25) is 4.79 Å². The summed E-state index contributed by atoms with van der Waals surface area (Å²) in [7, 11) is -3.55. The molecule has 0 aliphatic carbocycles. The Morgan fingerprint density at radius 3 is 2.88 bits per heavy atom. The number of carbonyl (C=O) groups is 1. The number of rotatable bonds is 5. The van der Waals surface area contributed by atoms with Gasteiger partial charge in [-0.2, -0.15) is 4.31 Å². The molecule has 5 nitrogen and oxygen atoms in total. The second kappa shape index (κ2) is 8.08. The SMILES string of the molecule is Cc1ccc(Cl)cc1NC(=O)C[C@H]1CCCCN1S(=O)(=O)c1cccs1. The summed E-state index contributed by atoms with van der Waals surface area (Å²) < 4.78 is 27.6. The molecule has 2 aromatic rings. The van der Waals surface area contributed by atoms with Gasteiger partial charge in [0.2, 0.25) is 5.91 Å². The van der Waals surface area contributed by atoms with E-state index in [1.54, 1.807) is 29.6 Å². The van der Waals surface area contributed by atoms with E-state index in [1.165, 1.54) is 15.6 Å². The fourth-order valence-electron chi connectivity index (χ4n) is 3.16. The summed E-state index contributed by atoms with van der Waals surface area (Å²) in [4.78, 5) is 12.5. The normalized spacial score (nSPS) is 18.6. The molecule has 8 heteroatoms. The Hall–Kier alpha value is -1.41. The van der Waals surface area contributed by atoms with Gasteiger partial charge in [-0.25, -0.2) is 8.42 Å². The number of hydrogen-bond acceptors (Lipinski definition) is 4. The number of benzene rings is 1. The van der Waals surface area contributed by atoms with Crippen LogP contribution in [-0.2, 0) is 14.8 Å². The lowest BCUT2D eigenvalue weighted by Gasteiger charge is -2.34. The van der Waals surface area contributed by atoms with E-state index in [0.29, 0.717) is 27.9 Å². The molecular weight excluding hydrogens is 392 g/mol. The number of anilines is 1. The summed E-state index contributed by atoms with van der Waals surface area (Å²) in [5.74, 6) is -0.200. The van der Waals surface area contributed by atoms with Gasteiger partial charge in [-0.05, 0) is 48.9 Å². The van der Waals surface area contributed by atoms with Gasteiger partial charge in [0.1, 0.15) is 4.21 Å². The van der Waals surface area contributed by atoms with E-state index in [0.717, 1.165) is 18.4 Å². The highest BCUT2D eigenvalue weighted by atomic mass is 35.5. The topological polar surface area (TPSA) is 66.5 Å². The summed E-state index contributed by atoms with van der Waals surface area (Å²) in [6.45, 7) is 2.34. The van der Waals surface area contributed by atoms with Crippen molar-refractivity contribution in [2.75, 3.05) is 11.9 Å². The quantitative estimate of drug-likeness (QED) is 0.796. The smallest absolute Gasteiger partial charge is 0.252 e. The summed E-state index contributed by atoms with van der Waals surface area (Å²) in [5.41, 5.74) is 1.57. The molecule has 140 valence electrons. The van der Waals surface area contributed by atoms with Crippen LogP contribution >= 0.6 is 22.9 Å². The molecule has 1 saturated heterocycles. The van der Waals surface area contributed by atoms with E-state index in [4.69, 9.17) is 11.6 Å². The Bertz CT molecular complexity index is 882. The number of hydrogen-bond donors (Lipinski definition) is 1. The summed E-state index contributed by atoms with van der Waals surface area (Å²) >= 11 is 7.20. The summed E-state index contributed by atoms with van der Waals surface area (Å²) in [5, 5.41) is 5.16. The predicted octanol–water partition coefficient (Wildman–Crippen LogP) is 4.28. The van der Waals surface area contributed by atoms with Crippen molar-refractivity contribution in [2.45, 2.75) is 42.9 Å². The predicted molar refractivity (Wildman–Crippen MR) is 105 cm³/mol. The third-order valence-electron chi connectivity index (χ3n) is 4.53. The molecule has 1 aliphatic heterocycles. The molecule has 1 amide bonds. The van der Waals surface area contributed by atoms with Crippen LogP contribution in [0.5, 0.6) is 0 Å². The number of carbonyl (C=O) groups excluding carboxylic acids is 1. The van der Waals surface area contributed by atoms with Crippen LogP contribution in [0.15, 0.2) is 39.9 Å². The highest BCUT2D eigenvalue weighted by Gasteiger charge is 2.35. The molecule has 0 saturated carbocycles. The summed E-state index contributed by atoms with van der Waals surface area (Å²) in [6.07, 6.45) is 2.56. The molecule has 0 spiro atoms. The molecule has 2 heterocycles. The zero-order chi connectivity index (χ0) is 18.7. The Morgan fingerprint density at radius 2 is 2.15 bits per heavy atom. The van der Waals surface area contributed by atoms with E-state index in [1.807, 2.05) is 13.0 Å². The maximum atomic E-state index is 12.9. The van der Waals surface area contributed by atoms with Gasteiger partial charge in [0.15, 0.2) is 0 Å². The first-order chi connectivity index (χ1) is 12.4. The van der Waals surface area contributed by atoms with Crippen molar-refractivity contribution >= 4 is 44.6 Å². The van der Waals surface area contributed by atoms with Crippen LogP contribution in [0.2, 0.25) is 5.02 Å². The first-order valence-corrected chi connectivity index (χ1v) is 11.2. The van der Waals surface area contributed by atoms with Crippen molar-refractivity contribution in [1.82, 2.24) is 4.31 Å². The van der Waals surface area contributed by atoms with Crippen molar-refractivity contribution in [3.05, 3.63) is 46.3 Å². The third kappa shape index (κ3) is 4.28. The van der Waals surface area contributed by atoms with Crippen LogP contribution in [-0.4, -0.2) is 31.2 Å². The molecule has 0 unspecified atom stereocenters. The number of halogens is 1. The largest absolute Gasteiger partial charge is 0.326 e. The molecule has 0 bridgehead atoms. The van der Waals surface area contributed by atoms with E-state index < -0.39 is 10.0 Å². The minimum atomic E-state index is -3.55. The number of piperidine rings is 1. The first kappa shape index (κ1) is 19.4. The van der Waals surface area contributed by atoms with Gasteiger partial charge in [-0.1, -0.05) is 30.2 Å². The minimum absolute atomic E-state index is 0.135. The fraction of sp³-hybridized carbons (Fsp3) is 0.389. The van der Waals surface area contributed by atoms with Gasteiger partial charge in [0.05, 0.1) is 0 Å². The lowest BCUT2D eigenvalue weighted by molar-refractivity contribution is -0.117. The molecule has 3 rings (SSSR count). The number of thiophene rings is 1. The molecule has 0 radical (unpaired) electrons. The lowest BCUT2D eigenvalue weighted by Crippen LogP contribution is -2.45. The standard InChI is InChI=1S/C18H21ClN2O3S2/c1-13-7-8-14(19)11-16(13)20-17(22)12-15-5-2-3-9-21(15)26(23,24)18-6-4-10-25-18/h4,6-8,10-11,15H,2-3,5,9,12H2,1H3,(H,20,22)/t15-/m1/s1. The van der Waals surface area contributed by atoms with Crippen LogP contribution in [0.4, 0.5) is 5.69 Å². The number of sulfonamides is 1. The van der Waals surface area contributed by atoms with Crippen molar-refractivity contribution in [3.63, 3.8) is 0 Å². The van der Waals surface area contributed by atoms with E-state index in [-0.39, 0.29) is 18.4 Å². The average molecular weight is 413 g/mol.